The SMILES string of the molecule is CCCCCCCCCCCCCCCCCCCC(CC[n+]1cc[nH]c1)c1ccccc1. The number of hydrogen-bond acceptors (Lipinski definition) is 0. The number of imidazole rings is 1. The molecule has 0 amide bonds. The molecule has 2 heteroatoms. The van der Waals surface area contributed by atoms with Crippen LogP contribution in [0.1, 0.15) is 140 Å². The van der Waals surface area contributed by atoms with Crippen molar-refractivity contribution in [2.45, 2.75) is 141 Å². The predicted octanol–water partition coefficient (Wildman–Crippen LogP) is 9.52. The molecule has 1 atom stereocenters. The second-order valence-corrected chi connectivity index (χ2v) is 10.2. The van der Waals surface area contributed by atoms with Gasteiger partial charge in [-0.2, -0.15) is 0 Å². The van der Waals surface area contributed by atoms with Crippen LogP contribution in [0, 0.1) is 0 Å². The molecule has 1 unspecified atom stereocenters. The first kappa shape index (κ1) is 27.7. The Hall–Kier alpha value is -1.57. The molecule has 2 nitrogen and oxygen atoms in total. The highest BCUT2D eigenvalue weighted by Gasteiger charge is 2.12. The second kappa shape index (κ2) is 19.9. The Morgan fingerprint density at radius 3 is 1.64 bits per heavy atom. The molecule has 33 heavy (non-hydrogen) atoms. The van der Waals surface area contributed by atoms with Crippen molar-refractivity contribution in [1.82, 2.24) is 4.98 Å². The van der Waals surface area contributed by atoms with Crippen LogP contribution in [0.15, 0.2) is 49.1 Å². The summed E-state index contributed by atoms with van der Waals surface area (Å²) in [6.07, 6.45) is 33.3. The van der Waals surface area contributed by atoms with E-state index in [9.17, 15) is 0 Å². The van der Waals surface area contributed by atoms with Crippen molar-refractivity contribution >= 4 is 0 Å². The smallest absolute Gasteiger partial charge is 0.241 e. The topological polar surface area (TPSA) is 19.7 Å². The number of nitrogens with zero attached hydrogens (tertiary/aromatic N) is 1. The summed E-state index contributed by atoms with van der Waals surface area (Å²) in [4.78, 5) is 3.16. The summed E-state index contributed by atoms with van der Waals surface area (Å²) in [6, 6.07) is 11.2. The number of H-pyrrole nitrogens is 1. The van der Waals surface area contributed by atoms with E-state index in [-0.39, 0.29) is 0 Å². The Kier molecular flexibility index (Phi) is 16.7. The van der Waals surface area contributed by atoms with E-state index in [1.54, 1.807) is 0 Å². The van der Waals surface area contributed by atoms with E-state index in [0.717, 1.165) is 6.54 Å². The van der Waals surface area contributed by atoms with Crippen LogP contribution in [0.25, 0.3) is 0 Å². The molecule has 0 bridgehead atoms. The van der Waals surface area contributed by atoms with E-state index in [2.05, 4.69) is 59.3 Å². The lowest BCUT2D eigenvalue weighted by molar-refractivity contribution is -0.696. The van der Waals surface area contributed by atoms with Crippen molar-refractivity contribution in [1.29, 1.82) is 0 Å². The molecule has 0 aliphatic heterocycles. The van der Waals surface area contributed by atoms with Crippen LogP contribution in [0.3, 0.4) is 0 Å². The molecule has 2 aromatic rings. The molecule has 1 heterocycles. The maximum absolute atomic E-state index is 3.16. The third-order valence-corrected chi connectivity index (χ3v) is 7.27. The molecule has 0 radical (unpaired) electrons. The molecule has 0 aliphatic carbocycles. The lowest BCUT2D eigenvalue weighted by Crippen LogP contribution is -2.31. The number of unbranched alkanes of at least 4 members (excludes halogenated alkanes) is 16. The number of nitrogens with one attached hydrogen (secondary N) is 1. The fraction of sp³-hybridized carbons (Fsp3) is 0.710. The van der Waals surface area contributed by atoms with E-state index in [4.69, 9.17) is 0 Å². The van der Waals surface area contributed by atoms with Gasteiger partial charge in [0.05, 0.1) is 6.54 Å². The van der Waals surface area contributed by atoms with Crippen LogP contribution < -0.4 is 4.57 Å². The quantitative estimate of drug-likeness (QED) is 0.135. The number of aromatic nitrogens is 2. The maximum Gasteiger partial charge on any atom is 0.241 e. The zero-order valence-corrected chi connectivity index (χ0v) is 21.8. The minimum Gasteiger partial charge on any atom is -0.250 e. The van der Waals surface area contributed by atoms with Gasteiger partial charge in [-0.05, 0) is 24.3 Å². The first-order valence-corrected chi connectivity index (χ1v) is 14.5. The third kappa shape index (κ3) is 14.3. The average molecular weight is 454 g/mol. The van der Waals surface area contributed by atoms with Crippen LogP contribution in [0.5, 0.6) is 0 Å². The minimum atomic E-state index is 0.685. The molecule has 1 aromatic carbocycles. The average Bonchev–Trinajstić information content (AvgIpc) is 3.37. The van der Waals surface area contributed by atoms with Crippen molar-refractivity contribution < 1.29 is 4.57 Å². The highest BCUT2D eigenvalue weighted by atomic mass is 15.0. The van der Waals surface area contributed by atoms with Crippen LogP contribution in [0.4, 0.5) is 0 Å². The molecular weight excluding hydrogens is 400 g/mol. The van der Waals surface area contributed by atoms with Crippen LogP contribution in [0.2, 0.25) is 0 Å². The van der Waals surface area contributed by atoms with Gasteiger partial charge in [-0.1, -0.05) is 146 Å². The highest BCUT2D eigenvalue weighted by Crippen LogP contribution is 2.26. The Labute approximate surface area is 205 Å². The zero-order valence-electron chi connectivity index (χ0n) is 21.8. The van der Waals surface area contributed by atoms with Crippen molar-refractivity contribution in [3.63, 3.8) is 0 Å². The Morgan fingerprint density at radius 1 is 0.636 bits per heavy atom. The first-order valence-electron chi connectivity index (χ1n) is 14.5. The van der Waals surface area contributed by atoms with E-state index in [1.807, 2.05) is 6.20 Å². The fourth-order valence-corrected chi connectivity index (χ4v) is 5.08. The molecule has 0 aliphatic rings. The third-order valence-electron chi connectivity index (χ3n) is 7.27. The number of aryl methyl sites for hydroxylation is 1. The number of aromatic amines is 1. The monoisotopic (exact) mass is 453 g/mol. The number of benzene rings is 1. The predicted molar refractivity (Wildman–Crippen MR) is 144 cm³/mol. The van der Waals surface area contributed by atoms with Crippen molar-refractivity contribution in [3.8, 4) is 0 Å². The van der Waals surface area contributed by atoms with E-state index in [0.29, 0.717) is 5.92 Å². The normalized spacial score (nSPS) is 12.3. The molecule has 1 N–H and O–H groups in total. The van der Waals surface area contributed by atoms with E-state index >= 15 is 0 Å². The molecule has 0 saturated carbocycles. The van der Waals surface area contributed by atoms with E-state index < -0.39 is 0 Å². The van der Waals surface area contributed by atoms with Gasteiger partial charge in [0.1, 0.15) is 12.4 Å². The van der Waals surface area contributed by atoms with Gasteiger partial charge in [-0.15, -0.1) is 0 Å². The van der Waals surface area contributed by atoms with Crippen LogP contribution in [-0.2, 0) is 6.54 Å². The summed E-state index contributed by atoms with van der Waals surface area (Å²) in [6.45, 7) is 3.40. The van der Waals surface area contributed by atoms with Gasteiger partial charge in [0.15, 0.2) is 0 Å². The number of hydrogen-bond donors (Lipinski definition) is 1. The van der Waals surface area contributed by atoms with Crippen LogP contribution >= 0.6 is 0 Å². The van der Waals surface area contributed by atoms with Gasteiger partial charge in [-0.3, -0.25) is 4.98 Å². The molecule has 0 spiro atoms. The molecule has 0 saturated heterocycles. The highest BCUT2D eigenvalue weighted by molar-refractivity contribution is 5.19. The summed E-state index contributed by atoms with van der Waals surface area (Å²) in [5, 5.41) is 0. The van der Waals surface area contributed by atoms with Crippen molar-refractivity contribution in [3.05, 3.63) is 54.6 Å². The summed E-state index contributed by atoms with van der Waals surface area (Å²) in [5.74, 6) is 0.685. The summed E-state index contributed by atoms with van der Waals surface area (Å²) in [5.41, 5.74) is 1.52. The Balaban J connectivity index is 1.41. The molecule has 186 valence electrons. The minimum absolute atomic E-state index is 0.685. The van der Waals surface area contributed by atoms with E-state index in [1.165, 1.54) is 128 Å². The molecule has 2 rings (SSSR count). The number of rotatable bonds is 22. The van der Waals surface area contributed by atoms with Gasteiger partial charge in [0.25, 0.3) is 0 Å². The lowest BCUT2D eigenvalue weighted by Gasteiger charge is -2.16. The zero-order chi connectivity index (χ0) is 23.2. The molecule has 0 fully saturated rings. The Morgan fingerprint density at radius 2 is 1.15 bits per heavy atom. The summed E-state index contributed by atoms with van der Waals surface area (Å²) in [7, 11) is 0. The lowest BCUT2D eigenvalue weighted by atomic mass is 9.90. The first-order chi connectivity index (χ1) is 16.4. The van der Waals surface area contributed by atoms with Crippen molar-refractivity contribution in [2.24, 2.45) is 0 Å². The Bertz CT molecular complexity index is 634. The molecular formula is C31H53N2+. The van der Waals surface area contributed by atoms with Gasteiger partial charge < -0.3 is 0 Å². The van der Waals surface area contributed by atoms with Gasteiger partial charge in [0.2, 0.25) is 6.33 Å². The summed E-state index contributed by atoms with van der Waals surface area (Å²) < 4.78 is 2.27. The van der Waals surface area contributed by atoms with Gasteiger partial charge in [0, 0.05) is 0 Å². The van der Waals surface area contributed by atoms with Gasteiger partial charge in [-0.25, -0.2) is 4.57 Å². The van der Waals surface area contributed by atoms with Crippen molar-refractivity contribution in [2.75, 3.05) is 0 Å². The van der Waals surface area contributed by atoms with Crippen LogP contribution in [-0.4, -0.2) is 4.98 Å². The summed E-state index contributed by atoms with van der Waals surface area (Å²) >= 11 is 0. The fourth-order valence-electron chi connectivity index (χ4n) is 5.08. The van der Waals surface area contributed by atoms with Gasteiger partial charge >= 0.3 is 0 Å². The maximum atomic E-state index is 3.16. The standard InChI is InChI=1S/C31H52N2/c1-2-3-4-5-6-7-8-9-10-11-12-13-14-15-16-17-19-24-31(30-22-20-18-21-23-30)25-27-33-28-26-32-29-33/h18,20-23,26,28-29,31H,2-17,19,24-25,27H2,1H3/p+1. The molecule has 1 aromatic heterocycles. The second-order valence-electron chi connectivity index (χ2n) is 10.2. The largest absolute Gasteiger partial charge is 0.250 e.